The lowest BCUT2D eigenvalue weighted by Gasteiger charge is -2.28. The highest BCUT2D eigenvalue weighted by Crippen LogP contribution is 2.33. The fourth-order valence-electron chi connectivity index (χ4n) is 3.71. The Morgan fingerprint density at radius 3 is 2.80 bits per heavy atom. The van der Waals surface area contributed by atoms with Crippen molar-refractivity contribution < 1.29 is 14.3 Å². The molecule has 2 aliphatic rings. The van der Waals surface area contributed by atoms with Gasteiger partial charge in [-0.3, -0.25) is 4.79 Å². The molecule has 0 saturated carbocycles. The lowest BCUT2D eigenvalue weighted by Crippen LogP contribution is -2.42. The number of ether oxygens (including phenoxy) is 2. The Hall–Kier alpha value is -1.46. The van der Waals surface area contributed by atoms with Gasteiger partial charge in [0.25, 0.3) is 5.91 Å². The van der Waals surface area contributed by atoms with E-state index in [1.54, 1.807) is 7.11 Å². The molecule has 2 fully saturated rings. The largest absolute Gasteiger partial charge is 0.493 e. The van der Waals surface area contributed by atoms with Crippen molar-refractivity contribution in [2.45, 2.75) is 51.1 Å². The first-order valence-electron chi connectivity index (χ1n) is 9.08. The molecule has 1 amide bonds. The van der Waals surface area contributed by atoms with Crippen LogP contribution < -0.4 is 14.8 Å². The Labute approximate surface area is 156 Å². The van der Waals surface area contributed by atoms with E-state index >= 15 is 0 Å². The van der Waals surface area contributed by atoms with Gasteiger partial charge in [-0.15, -0.1) is 12.4 Å². The number of amides is 1. The number of halogens is 1. The van der Waals surface area contributed by atoms with Gasteiger partial charge in [0.05, 0.1) is 13.7 Å². The number of nitrogens with one attached hydrogen (secondary N) is 1. The third-order valence-corrected chi connectivity index (χ3v) is 5.05. The van der Waals surface area contributed by atoms with Gasteiger partial charge in [-0.05, 0) is 50.4 Å². The molecular formula is C19H29ClN2O3. The SMILES string of the molecule is CCCCOc1ccc(C(=O)N2C3CCNCC2CC3)cc1OC.Cl. The van der Waals surface area contributed by atoms with E-state index in [1.807, 2.05) is 18.2 Å². The average Bonchev–Trinajstić information content (AvgIpc) is 2.87. The van der Waals surface area contributed by atoms with E-state index < -0.39 is 0 Å². The van der Waals surface area contributed by atoms with Gasteiger partial charge in [0.2, 0.25) is 0 Å². The van der Waals surface area contributed by atoms with Gasteiger partial charge in [-0.25, -0.2) is 0 Å². The van der Waals surface area contributed by atoms with Crippen LogP contribution in [0.1, 0.15) is 49.4 Å². The first kappa shape index (κ1) is 19.9. The molecule has 6 heteroatoms. The fourth-order valence-corrected chi connectivity index (χ4v) is 3.71. The van der Waals surface area contributed by atoms with Crippen LogP contribution in [0.15, 0.2) is 18.2 Å². The minimum atomic E-state index is 0. The van der Waals surface area contributed by atoms with Crippen molar-refractivity contribution in [2.75, 3.05) is 26.8 Å². The second-order valence-electron chi connectivity index (χ2n) is 6.66. The fraction of sp³-hybridized carbons (Fsp3) is 0.632. The predicted octanol–water partition coefficient (Wildman–Crippen LogP) is 3.26. The lowest BCUT2D eigenvalue weighted by atomic mass is 10.1. The number of fused-ring (bicyclic) bond motifs is 2. The molecule has 1 aromatic rings. The molecule has 2 unspecified atom stereocenters. The third kappa shape index (κ3) is 4.39. The first-order valence-corrected chi connectivity index (χ1v) is 9.08. The van der Waals surface area contributed by atoms with Crippen LogP contribution in [0.25, 0.3) is 0 Å². The van der Waals surface area contributed by atoms with E-state index in [9.17, 15) is 4.79 Å². The lowest BCUT2D eigenvalue weighted by molar-refractivity contribution is 0.0680. The highest BCUT2D eigenvalue weighted by molar-refractivity contribution is 5.95. The van der Waals surface area contributed by atoms with Crippen LogP contribution in [0.4, 0.5) is 0 Å². The molecule has 2 aliphatic heterocycles. The Morgan fingerprint density at radius 1 is 1.24 bits per heavy atom. The number of benzene rings is 1. The predicted molar refractivity (Wildman–Crippen MR) is 101 cm³/mol. The highest BCUT2D eigenvalue weighted by Gasteiger charge is 2.38. The summed E-state index contributed by atoms with van der Waals surface area (Å²) < 4.78 is 11.2. The van der Waals surface area contributed by atoms with Gasteiger partial charge in [-0.1, -0.05) is 13.3 Å². The normalized spacial score (nSPS) is 22.1. The van der Waals surface area contributed by atoms with Gasteiger partial charge in [0.1, 0.15) is 0 Å². The van der Waals surface area contributed by atoms with E-state index in [2.05, 4.69) is 17.1 Å². The molecule has 1 aromatic carbocycles. The minimum absolute atomic E-state index is 0. The molecule has 0 radical (unpaired) electrons. The topological polar surface area (TPSA) is 50.8 Å². The van der Waals surface area contributed by atoms with Crippen molar-refractivity contribution in [1.29, 1.82) is 0 Å². The summed E-state index contributed by atoms with van der Waals surface area (Å²) in [4.78, 5) is 15.1. The van der Waals surface area contributed by atoms with Crippen molar-refractivity contribution in [3.8, 4) is 11.5 Å². The molecule has 3 rings (SSSR count). The molecular weight excluding hydrogens is 340 g/mol. The van der Waals surface area contributed by atoms with Crippen LogP contribution in [-0.4, -0.2) is 49.7 Å². The molecule has 0 spiro atoms. The smallest absolute Gasteiger partial charge is 0.254 e. The number of carbonyl (C=O) groups is 1. The van der Waals surface area contributed by atoms with Crippen LogP contribution in [0.5, 0.6) is 11.5 Å². The Balaban J connectivity index is 0.00000225. The number of methoxy groups -OCH3 is 1. The van der Waals surface area contributed by atoms with Crippen molar-refractivity contribution >= 4 is 18.3 Å². The standard InChI is InChI=1S/C19H28N2O3.ClH/c1-3-4-11-24-17-8-5-14(12-18(17)23-2)19(22)21-15-6-7-16(21)13-20-10-9-15;/h5,8,12,15-16,20H,3-4,6-7,9-11,13H2,1-2H3;1H. The number of rotatable bonds is 6. The monoisotopic (exact) mass is 368 g/mol. The van der Waals surface area contributed by atoms with Gasteiger partial charge in [0, 0.05) is 24.2 Å². The summed E-state index contributed by atoms with van der Waals surface area (Å²) in [6.45, 7) is 4.70. The molecule has 140 valence electrons. The molecule has 2 bridgehead atoms. The zero-order chi connectivity index (χ0) is 16.9. The summed E-state index contributed by atoms with van der Waals surface area (Å²) in [6, 6.07) is 6.23. The zero-order valence-electron chi connectivity index (χ0n) is 15.1. The second-order valence-corrected chi connectivity index (χ2v) is 6.66. The van der Waals surface area contributed by atoms with Crippen molar-refractivity contribution in [3.63, 3.8) is 0 Å². The van der Waals surface area contributed by atoms with Crippen LogP contribution in [-0.2, 0) is 0 Å². The number of nitrogens with zero attached hydrogens (tertiary/aromatic N) is 1. The van der Waals surface area contributed by atoms with Gasteiger partial charge in [0.15, 0.2) is 11.5 Å². The maximum atomic E-state index is 13.1. The third-order valence-electron chi connectivity index (χ3n) is 5.05. The van der Waals surface area contributed by atoms with Crippen LogP contribution in [0, 0.1) is 0 Å². The zero-order valence-corrected chi connectivity index (χ0v) is 15.9. The summed E-state index contributed by atoms with van der Waals surface area (Å²) >= 11 is 0. The van der Waals surface area contributed by atoms with E-state index in [0.29, 0.717) is 35.8 Å². The molecule has 25 heavy (non-hydrogen) atoms. The van der Waals surface area contributed by atoms with Gasteiger partial charge >= 0.3 is 0 Å². The van der Waals surface area contributed by atoms with E-state index in [1.165, 1.54) is 0 Å². The number of unbranched alkanes of at least 4 members (excludes halogenated alkanes) is 1. The second kappa shape index (κ2) is 9.30. The van der Waals surface area contributed by atoms with Crippen LogP contribution in [0.2, 0.25) is 0 Å². The summed E-state index contributed by atoms with van der Waals surface area (Å²) in [6.07, 6.45) is 5.35. The number of carbonyl (C=O) groups excluding carboxylic acids is 1. The maximum Gasteiger partial charge on any atom is 0.254 e. The van der Waals surface area contributed by atoms with Crippen molar-refractivity contribution in [3.05, 3.63) is 23.8 Å². The number of hydrogen-bond acceptors (Lipinski definition) is 4. The number of hydrogen-bond donors (Lipinski definition) is 1. The van der Waals surface area contributed by atoms with E-state index in [4.69, 9.17) is 9.47 Å². The molecule has 0 aliphatic carbocycles. The Bertz CT molecular complexity index is 568. The molecule has 1 N–H and O–H groups in total. The van der Waals surface area contributed by atoms with E-state index in [0.717, 1.165) is 45.2 Å². The summed E-state index contributed by atoms with van der Waals surface area (Å²) in [5.74, 6) is 1.46. The molecule has 0 aromatic heterocycles. The molecule has 2 atom stereocenters. The highest BCUT2D eigenvalue weighted by atomic mass is 35.5. The summed E-state index contributed by atoms with van der Waals surface area (Å²) in [7, 11) is 1.62. The quantitative estimate of drug-likeness (QED) is 0.783. The van der Waals surface area contributed by atoms with E-state index in [-0.39, 0.29) is 18.3 Å². The molecule has 2 saturated heterocycles. The van der Waals surface area contributed by atoms with Crippen LogP contribution in [0.3, 0.4) is 0 Å². The first-order chi connectivity index (χ1) is 11.7. The van der Waals surface area contributed by atoms with Crippen molar-refractivity contribution in [1.82, 2.24) is 10.2 Å². The van der Waals surface area contributed by atoms with Gasteiger partial charge < -0.3 is 19.7 Å². The summed E-state index contributed by atoms with van der Waals surface area (Å²) in [5, 5.41) is 3.44. The van der Waals surface area contributed by atoms with Crippen LogP contribution >= 0.6 is 12.4 Å². The minimum Gasteiger partial charge on any atom is -0.493 e. The van der Waals surface area contributed by atoms with Crippen molar-refractivity contribution in [2.24, 2.45) is 0 Å². The Morgan fingerprint density at radius 2 is 2.04 bits per heavy atom. The Kier molecular flexibility index (Phi) is 7.38. The molecule has 2 heterocycles. The molecule has 5 nitrogen and oxygen atoms in total. The maximum absolute atomic E-state index is 13.1. The van der Waals surface area contributed by atoms with Gasteiger partial charge in [-0.2, -0.15) is 0 Å². The summed E-state index contributed by atoms with van der Waals surface area (Å²) in [5.41, 5.74) is 0.688. The average molecular weight is 369 g/mol.